The lowest BCUT2D eigenvalue weighted by molar-refractivity contribution is -0.0506. The van der Waals surface area contributed by atoms with E-state index in [2.05, 4.69) is 15.5 Å². The van der Waals surface area contributed by atoms with Crippen LogP contribution in [0.15, 0.2) is 52.6 Å². The second kappa shape index (κ2) is 6.29. The van der Waals surface area contributed by atoms with Crippen LogP contribution in [-0.4, -0.2) is 25.3 Å². The second-order valence-electron chi connectivity index (χ2n) is 5.78. The molecule has 8 heteroatoms. The number of amidine groups is 1. The molecule has 0 aromatic heterocycles. The van der Waals surface area contributed by atoms with Gasteiger partial charge in [0.05, 0.1) is 18.5 Å². The topological polar surface area (TPSA) is 58.5 Å². The van der Waals surface area contributed by atoms with Gasteiger partial charge in [-0.1, -0.05) is 24.3 Å². The number of aliphatic imine (C=N–C) groups is 1. The zero-order valence-electron chi connectivity index (χ0n) is 14.1. The molecule has 2 aliphatic heterocycles. The van der Waals surface area contributed by atoms with E-state index in [0.29, 0.717) is 22.9 Å². The summed E-state index contributed by atoms with van der Waals surface area (Å²) in [4.78, 5) is 6.46. The van der Waals surface area contributed by atoms with Crippen LogP contribution in [0.5, 0.6) is 11.5 Å². The predicted molar refractivity (Wildman–Crippen MR) is 94.6 cm³/mol. The van der Waals surface area contributed by atoms with Crippen LogP contribution in [0.1, 0.15) is 18.7 Å². The van der Waals surface area contributed by atoms with Crippen LogP contribution < -0.4 is 19.8 Å². The smallest absolute Gasteiger partial charge is 0.387 e. The lowest BCUT2D eigenvalue weighted by atomic mass is 10.1. The fraction of sp³-hybridized carbons (Fsp3) is 0.222. The average Bonchev–Trinajstić information content (AvgIpc) is 3.06. The molecule has 1 N–H and O–H groups in total. The SMILES string of the molecule is COc1cccc2c1N1C(=NNC1c1ccccc1OC(F)F)C(C)=N2. The maximum absolute atomic E-state index is 12.8. The Hall–Kier alpha value is -3.16. The fourth-order valence-corrected chi connectivity index (χ4v) is 3.20. The summed E-state index contributed by atoms with van der Waals surface area (Å²) < 4.78 is 35.8. The first-order valence-corrected chi connectivity index (χ1v) is 7.99. The molecule has 1 atom stereocenters. The Balaban J connectivity index is 1.84. The Morgan fingerprint density at radius 1 is 1.12 bits per heavy atom. The molecule has 0 amide bonds. The Kier molecular flexibility index (Phi) is 3.95. The maximum atomic E-state index is 12.8. The number of alkyl halides is 2. The highest BCUT2D eigenvalue weighted by Crippen LogP contribution is 2.46. The fourth-order valence-electron chi connectivity index (χ4n) is 3.20. The number of fused-ring (bicyclic) bond motifs is 3. The van der Waals surface area contributed by atoms with Crippen molar-refractivity contribution >= 4 is 22.9 Å². The van der Waals surface area contributed by atoms with Gasteiger partial charge in [-0.15, -0.1) is 0 Å². The Labute approximate surface area is 148 Å². The van der Waals surface area contributed by atoms with Gasteiger partial charge in [0.25, 0.3) is 0 Å². The molecule has 0 fully saturated rings. The van der Waals surface area contributed by atoms with E-state index in [1.54, 1.807) is 25.3 Å². The van der Waals surface area contributed by atoms with Gasteiger partial charge in [-0.3, -0.25) is 10.3 Å². The van der Waals surface area contributed by atoms with Crippen molar-refractivity contribution < 1.29 is 18.3 Å². The molecule has 6 nitrogen and oxygen atoms in total. The van der Waals surface area contributed by atoms with E-state index in [9.17, 15) is 8.78 Å². The first-order valence-electron chi connectivity index (χ1n) is 7.99. The minimum Gasteiger partial charge on any atom is -0.494 e. The summed E-state index contributed by atoms with van der Waals surface area (Å²) >= 11 is 0. The van der Waals surface area contributed by atoms with Gasteiger partial charge in [0.2, 0.25) is 0 Å². The number of ether oxygens (including phenoxy) is 2. The van der Waals surface area contributed by atoms with E-state index in [4.69, 9.17) is 9.47 Å². The minimum atomic E-state index is -2.91. The monoisotopic (exact) mass is 358 g/mol. The Morgan fingerprint density at radius 2 is 1.88 bits per heavy atom. The average molecular weight is 358 g/mol. The van der Waals surface area contributed by atoms with Crippen molar-refractivity contribution in [2.24, 2.45) is 10.1 Å². The van der Waals surface area contributed by atoms with Crippen molar-refractivity contribution in [2.45, 2.75) is 19.7 Å². The quantitative estimate of drug-likeness (QED) is 0.903. The number of anilines is 1. The lowest BCUT2D eigenvalue weighted by Gasteiger charge is -2.32. The molecule has 26 heavy (non-hydrogen) atoms. The van der Waals surface area contributed by atoms with E-state index in [1.165, 1.54) is 6.07 Å². The third kappa shape index (κ3) is 2.54. The van der Waals surface area contributed by atoms with Crippen LogP contribution in [0.2, 0.25) is 0 Å². The number of nitrogens with zero attached hydrogens (tertiary/aromatic N) is 3. The van der Waals surface area contributed by atoms with Gasteiger partial charge in [0.15, 0.2) is 12.0 Å². The molecule has 1 unspecified atom stereocenters. The van der Waals surface area contributed by atoms with Gasteiger partial charge in [0, 0.05) is 5.56 Å². The number of halogens is 2. The molecule has 2 heterocycles. The van der Waals surface area contributed by atoms with Gasteiger partial charge in [-0.05, 0) is 25.1 Å². The molecular formula is C18H16F2N4O2. The lowest BCUT2D eigenvalue weighted by Crippen LogP contribution is -2.38. The Morgan fingerprint density at radius 3 is 2.65 bits per heavy atom. The number of para-hydroxylation sites is 2. The van der Waals surface area contributed by atoms with E-state index in [-0.39, 0.29) is 5.75 Å². The minimum absolute atomic E-state index is 0.0908. The zero-order chi connectivity index (χ0) is 18.3. The zero-order valence-corrected chi connectivity index (χ0v) is 14.1. The molecule has 4 rings (SSSR count). The summed E-state index contributed by atoms with van der Waals surface area (Å²) in [7, 11) is 1.57. The summed E-state index contributed by atoms with van der Waals surface area (Å²) in [6, 6.07) is 12.2. The van der Waals surface area contributed by atoms with E-state index in [1.807, 2.05) is 30.0 Å². The van der Waals surface area contributed by atoms with Crippen LogP contribution in [-0.2, 0) is 0 Å². The number of rotatable bonds is 4. The molecule has 0 saturated heterocycles. The number of hydrogen-bond donors (Lipinski definition) is 1. The number of nitrogens with one attached hydrogen (secondary N) is 1. The number of hydrogen-bond acceptors (Lipinski definition) is 6. The molecule has 0 spiro atoms. The van der Waals surface area contributed by atoms with Crippen LogP contribution >= 0.6 is 0 Å². The van der Waals surface area contributed by atoms with Gasteiger partial charge in [0.1, 0.15) is 17.2 Å². The van der Waals surface area contributed by atoms with Gasteiger partial charge < -0.3 is 9.47 Å². The molecule has 134 valence electrons. The predicted octanol–water partition coefficient (Wildman–Crippen LogP) is 3.82. The third-order valence-electron chi connectivity index (χ3n) is 4.26. The molecule has 2 aromatic rings. The van der Waals surface area contributed by atoms with Gasteiger partial charge in [-0.25, -0.2) is 4.99 Å². The van der Waals surface area contributed by atoms with Crippen LogP contribution in [0, 0.1) is 0 Å². The highest BCUT2D eigenvalue weighted by molar-refractivity contribution is 6.48. The highest BCUT2D eigenvalue weighted by Gasteiger charge is 2.39. The van der Waals surface area contributed by atoms with E-state index >= 15 is 0 Å². The maximum Gasteiger partial charge on any atom is 0.387 e. The van der Waals surface area contributed by atoms with Crippen molar-refractivity contribution in [3.63, 3.8) is 0 Å². The van der Waals surface area contributed by atoms with Crippen molar-refractivity contribution in [1.29, 1.82) is 0 Å². The van der Waals surface area contributed by atoms with Gasteiger partial charge >= 0.3 is 6.61 Å². The molecular weight excluding hydrogens is 342 g/mol. The van der Waals surface area contributed by atoms with Crippen molar-refractivity contribution in [2.75, 3.05) is 12.0 Å². The molecule has 2 aliphatic rings. The normalized spacial score (nSPS) is 17.9. The number of benzene rings is 2. The highest BCUT2D eigenvalue weighted by atomic mass is 19.3. The number of hydrazone groups is 1. The van der Waals surface area contributed by atoms with E-state index in [0.717, 1.165) is 11.4 Å². The molecule has 0 aliphatic carbocycles. The summed E-state index contributed by atoms with van der Waals surface area (Å²) in [5, 5.41) is 4.35. The van der Waals surface area contributed by atoms with Crippen molar-refractivity contribution in [3.8, 4) is 11.5 Å². The summed E-state index contributed by atoms with van der Waals surface area (Å²) in [5.74, 6) is 1.32. The van der Waals surface area contributed by atoms with E-state index < -0.39 is 12.8 Å². The number of methoxy groups -OCH3 is 1. The second-order valence-corrected chi connectivity index (χ2v) is 5.78. The largest absolute Gasteiger partial charge is 0.494 e. The molecule has 0 saturated carbocycles. The molecule has 2 aromatic carbocycles. The van der Waals surface area contributed by atoms with Crippen LogP contribution in [0.3, 0.4) is 0 Å². The molecule has 0 bridgehead atoms. The summed E-state index contributed by atoms with van der Waals surface area (Å²) in [5.41, 5.74) is 5.71. The third-order valence-corrected chi connectivity index (χ3v) is 4.26. The van der Waals surface area contributed by atoms with Crippen LogP contribution in [0.4, 0.5) is 20.2 Å². The Bertz CT molecular complexity index is 914. The van der Waals surface area contributed by atoms with Gasteiger partial charge in [-0.2, -0.15) is 13.9 Å². The first-order chi connectivity index (χ1) is 12.6. The van der Waals surface area contributed by atoms with Crippen molar-refractivity contribution in [1.82, 2.24) is 5.43 Å². The summed E-state index contributed by atoms with van der Waals surface area (Å²) in [6.45, 7) is -1.07. The van der Waals surface area contributed by atoms with Crippen molar-refractivity contribution in [3.05, 3.63) is 48.0 Å². The first kappa shape index (κ1) is 16.3. The standard InChI is InChI=1S/C18H16F2N4O2/c1-10-16-22-23-17(11-6-3-4-8-13(11)26-18(19)20)24(16)15-12(21-10)7-5-9-14(15)25-2/h3-9,17-18,23H,1-2H3. The summed E-state index contributed by atoms with van der Waals surface area (Å²) in [6.07, 6.45) is -0.527. The molecule has 0 radical (unpaired) electrons. The van der Waals surface area contributed by atoms with Crippen LogP contribution in [0.25, 0.3) is 0 Å².